The van der Waals surface area contributed by atoms with E-state index in [1.54, 1.807) is 0 Å². The summed E-state index contributed by atoms with van der Waals surface area (Å²) in [6, 6.07) is 0. The molecule has 0 rings (SSSR count). The summed E-state index contributed by atoms with van der Waals surface area (Å²) in [5, 5.41) is 17.1. The van der Waals surface area contributed by atoms with E-state index >= 15 is 0 Å². The minimum atomic E-state index is -1.06. The van der Waals surface area contributed by atoms with Gasteiger partial charge in [-0.3, -0.25) is 0 Å². The van der Waals surface area contributed by atoms with Gasteiger partial charge in [-0.1, -0.05) is 6.58 Å². The van der Waals surface area contributed by atoms with E-state index in [1.807, 2.05) is 0 Å². The van der Waals surface area contributed by atoms with Gasteiger partial charge < -0.3 is 48.1 Å². The third-order valence-electron chi connectivity index (χ3n) is 3.42. The molecule has 0 aliphatic rings. The normalized spacial score (nSPS) is 11.1. The fourth-order valence-electron chi connectivity index (χ4n) is 1.86. The first-order valence-electron chi connectivity index (χ1n) is 10.3. The van der Waals surface area contributed by atoms with Crippen molar-refractivity contribution in [2.75, 3.05) is 112 Å². The molecule has 0 aromatic rings. The van der Waals surface area contributed by atoms with Crippen LogP contribution in [0.4, 0.5) is 0 Å². The summed E-state index contributed by atoms with van der Waals surface area (Å²) >= 11 is 0. The first-order valence-corrected chi connectivity index (χ1v) is 10.3. The lowest BCUT2D eigenvalue weighted by atomic mass is 10.3. The SMILES string of the molecule is C=C(COCCOCCOCCOCCOCCOCCOCCOCCO)C(=O)O. The number of carboxylic acid groups (broad SMARTS) is 1. The number of rotatable bonds is 26. The Labute approximate surface area is 184 Å². The van der Waals surface area contributed by atoms with Crippen LogP contribution in [0.15, 0.2) is 12.2 Å². The predicted octanol–water partition coefficient (Wildman–Crippen LogP) is -0.248. The lowest BCUT2D eigenvalue weighted by Gasteiger charge is -2.08. The molecule has 0 atom stereocenters. The number of aliphatic carboxylic acids is 1. The number of carboxylic acids is 1. The highest BCUT2D eigenvalue weighted by Gasteiger charge is 2.02. The van der Waals surface area contributed by atoms with Crippen molar-refractivity contribution in [3.05, 3.63) is 12.2 Å². The van der Waals surface area contributed by atoms with Gasteiger partial charge in [0.2, 0.25) is 0 Å². The zero-order chi connectivity index (χ0) is 22.8. The van der Waals surface area contributed by atoms with Gasteiger partial charge in [0, 0.05) is 0 Å². The second kappa shape index (κ2) is 25.1. The van der Waals surface area contributed by atoms with Gasteiger partial charge in [-0.15, -0.1) is 0 Å². The Morgan fingerprint density at radius 2 is 0.774 bits per heavy atom. The highest BCUT2D eigenvalue weighted by Crippen LogP contribution is 1.91. The molecule has 0 saturated carbocycles. The standard InChI is InChI=1S/C20H38O11/c1-19(20(22)23)18-31-17-16-30-15-14-29-13-12-28-11-10-27-9-8-26-7-6-25-5-4-24-3-2-21/h21H,1-18H2,(H,22,23). The van der Waals surface area contributed by atoms with E-state index in [9.17, 15) is 4.79 Å². The molecule has 11 heteroatoms. The van der Waals surface area contributed by atoms with E-state index in [2.05, 4.69) is 6.58 Å². The summed E-state index contributed by atoms with van der Waals surface area (Å²) in [7, 11) is 0. The van der Waals surface area contributed by atoms with Crippen LogP contribution in [0, 0.1) is 0 Å². The van der Waals surface area contributed by atoms with E-state index in [0.717, 1.165) is 0 Å². The molecule has 0 spiro atoms. The number of hydrogen-bond donors (Lipinski definition) is 2. The molecule has 0 amide bonds. The molecule has 0 unspecified atom stereocenters. The Morgan fingerprint density at radius 3 is 1.03 bits per heavy atom. The number of carbonyl (C=O) groups is 1. The second-order valence-electron chi connectivity index (χ2n) is 5.97. The molecule has 0 bridgehead atoms. The maximum Gasteiger partial charge on any atom is 0.333 e. The Balaban J connectivity index is 3.05. The van der Waals surface area contributed by atoms with Crippen molar-refractivity contribution >= 4 is 5.97 Å². The molecule has 0 heterocycles. The molecule has 0 aromatic carbocycles. The summed E-state index contributed by atoms with van der Waals surface area (Å²) in [5.74, 6) is -1.06. The van der Waals surface area contributed by atoms with E-state index in [1.165, 1.54) is 0 Å². The van der Waals surface area contributed by atoms with Gasteiger partial charge in [0.05, 0.1) is 118 Å². The van der Waals surface area contributed by atoms with Crippen LogP contribution in [-0.2, 0) is 42.7 Å². The first kappa shape index (κ1) is 29.9. The molecular formula is C20H38O11. The van der Waals surface area contributed by atoms with Crippen LogP contribution < -0.4 is 0 Å². The number of aliphatic hydroxyl groups is 1. The van der Waals surface area contributed by atoms with Gasteiger partial charge in [0.25, 0.3) is 0 Å². The Kier molecular flexibility index (Phi) is 24.2. The molecule has 2 N–H and O–H groups in total. The third-order valence-corrected chi connectivity index (χ3v) is 3.42. The van der Waals surface area contributed by atoms with Crippen LogP contribution in [-0.4, -0.2) is 128 Å². The highest BCUT2D eigenvalue weighted by atomic mass is 16.6. The molecule has 0 aliphatic heterocycles. The van der Waals surface area contributed by atoms with E-state index in [-0.39, 0.29) is 18.8 Å². The Bertz CT molecular complexity index is 407. The molecule has 0 fully saturated rings. The second-order valence-corrected chi connectivity index (χ2v) is 5.97. The fourth-order valence-corrected chi connectivity index (χ4v) is 1.86. The largest absolute Gasteiger partial charge is 0.478 e. The summed E-state index contributed by atoms with van der Waals surface area (Å²) in [6.07, 6.45) is 0. The zero-order valence-corrected chi connectivity index (χ0v) is 18.3. The smallest absolute Gasteiger partial charge is 0.333 e. The summed E-state index contributed by atoms with van der Waals surface area (Å²) in [6.45, 7) is 10.1. The van der Waals surface area contributed by atoms with Crippen molar-refractivity contribution in [2.45, 2.75) is 0 Å². The maximum atomic E-state index is 10.5. The summed E-state index contributed by atoms with van der Waals surface area (Å²) < 4.78 is 42.2. The minimum absolute atomic E-state index is 0.0122. The van der Waals surface area contributed by atoms with Gasteiger partial charge in [0.1, 0.15) is 0 Å². The third kappa shape index (κ3) is 25.0. The lowest BCUT2D eigenvalue weighted by molar-refractivity contribution is -0.133. The number of hydrogen-bond acceptors (Lipinski definition) is 10. The van der Waals surface area contributed by atoms with Crippen LogP contribution in [0.1, 0.15) is 0 Å². The highest BCUT2D eigenvalue weighted by molar-refractivity contribution is 5.85. The van der Waals surface area contributed by atoms with Gasteiger partial charge in [0.15, 0.2) is 0 Å². The number of ether oxygens (including phenoxy) is 8. The fraction of sp³-hybridized carbons (Fsp3) is 0.850. The molecule has 184 valence electrons. The van der Waals surface area contributed by atoms with Crippen LogP contribution >= 0.6 is 0 Å². The maximum absolute atomic E-state index is 10.5. The topological polar surface area (TPSA) is 131 Å². The van der Waals surface area contributed by atoms with Crippen molar-refractivity contribution in [1.29, 1.82) is 0 Å². The first-order chi connectivity index (χ1) is 15.2. The minimum Gasteiger partial charge on any atom is -0.478 e. The van der Waals surface area contributed by atoms with Crippen molar-refractivity contribution < 1.29 is 52.9 Å². The molecule has 11 nitrogen and oxygen atoms in total. The van der Waals surface area contributed by atoms with Crippen molar-refractivity contribution in [1.82, 2.24) is 0 Å². The Morgan fingerprint density at radius 1 is 0.516 bits per heavy atom. The molecule has 0 radical (unpaired) electrons. The lowest BCUT2D eigenvalue weighted by Crippen LogP contribution is -2.15. The van der Waals surface area contributed by atoms with Gasteiger partial charge in [-0.25, -0.2) is 4.79 Å². The van der Waals surface area contributed by atoms with E-state index in [4.69, 9.17) is 48.1 Å². The molecule has 0 aliphatic carbocycles. The molecule has 0 aromatic heterocycles. The monoisotopic (exact) mass is 454 g/mol. The van der Waals surface area contributed by atoms with Crippen LogP contribution in [0.5, 0.6) is 0 Å². The van der Waals surface area contributed by atoms with Crippen LogP contribution in [0.25, 0.3) is 0 Å². The van der Waals surface area contributed by atoms with Crippen molar-refractivity contribution in [3.8, 4) is 0 Å². The van der Waals surface area contributed by atoms with Gasteiger partial charge in [-0.05, 0) is 0 Å². The van der Waals surface area contributed by atoms with Crippen molar-refractivity contribution in [3.63, 3.8) is 0 Å². The van der Waals surface area contributed by atoms with E-state index < -0.39 is 5.97 Å². The van der Waals surface area contributed by atoms with Crippen molar-refractivity contribution in [2.24, 2.45) is 0 Å². The number of aliphatic hydroxyl groups excluding tert-OH is 1. The van der Waals surface area contributed by atoms with Gasteiger partial charge >= 0.3 is 5.97 Å². The van der Waals surface area contributed by atoms with E-state index in [0.29, 0.717) is 99.1 Å². The molecule has 0 saturated heterocycles. The quantitative estimate of drug-likeness (QED) is 0.132. The zero-order valence-electron chi connectivity index (χ0n) is 18.3. The average molecular weight is 455 g/mol. The van der Waals surface area contributed by atoms with Gasteiger partial charge in [-0.2, -0.15) is 0 Å². The average Bonchev–Trinajstić information content (AvgIpc) is 2.76. The summed E-state index contributed by atoms with van der Waals surface area (Å²) in [4.78, 5) is 10.5. The molecule has 31 heavy (non-hydrogen) atoms. The molecular weight excluding hydrogens is 416 g/mol. The van der Waals surface area contributed by atoms with Crippen LogP contribution in [0.3, 0.4) is 0 Å². The Hall–Kier alpha value is -1.15. The van der Waals surface area contributed by atoms with Crippen LogP contribution in [0.2, 0.25) is 0 Å². The predicted molar refractivity (Wildman–Crippen MR) is 110 cm³/mol. The summed E-state index contributed by atoms with van der Waals surface area (Å²) in [5.41, 5.74) is 0.0151.